The fourth-order valence-electron chi connectivity index (χ4n) is 9.71. The van der Waals surface area contributed by atoms with Crippen molar-refractivity contribution in [1.82, 2.24) is 0 Å². The maximum atomic E-state index is 12.5. The Kier molecular flexibility index (Phi) is 7.66. The molecule has 3 nitrogen and oxygen atoms in total. The quantitative estimate of drug-likeness (QED) is 0.354. The summed E-state index contributed by atoms with van der Waals surface area (Å²) in [5.41, 5.74) is -0.352. The average Bonchev–Trinajstić information content (AvgIpc) is 3.10. The van der Waals surface area contributed by atoms with Gasteiger partial charge in [-0.1, -0.05) is 66.2 Å². The van der Waals surface area contributed by atoms with Crippen LogP contribution in [0, 0.1) is 34.5 Å². The second kappa shape index (κ2) is 9.74. The predicted octanol–water partition coefficient (Wildman–Crippen LogP) is 7.28. The number of ether oxygens (including phenoxy) is 1. The van der Waals surface area contributed by atoms with Crippen LogP contribution in [0.25, 0.3) is 0 Å². The van der Waals surface area contributed by atoms with Crippen molar-refractivity contribution in [3.05, 3.63) is 0 Å². The molecule has 3 heteroatoms. The zero-order valence-electron chi connectivity index (χ0n) is 22.5. The first-order chi connectivity index (χ1) is 15.7. The van der Waals surface area contributed by atoms with E-state index in [9.17, 15) is 10.2 Å². The molecule has 1 unspecified atom stereocenters. The van der Waals surface area contributed by atoms with Gasteiger partial charge in [-0.05, 0) is 98.7 Å². The smallest absolute Gasteiger partial charge is 0.0685 e. The third kappa shape index (κ3) is 4.35. The molecule has 0 aliphatic heterocycles. The van der Waals surface area contributed by atoms with Gasteiger partial charge in [-0.2, -0.15) is 0 Å². The van der Waals surface area contributed by atoms with Gasteiger partial charge in [0.25, 0.3) is 0 Å². The molecule has 4 saturated carbocycles. The summed E-state index contributed by atoms with van der Waals surface area (Å²) in [6, 6.07) is 0. The number of hydrogen-bond acceptors (Lipinski definition) is 3. The number of fused-ring (bicyclic) bond motifs is 5. The molecule has 4 fully saturated rings. The molecular weight excluding hydrogens is 408 g/mol. The number of methoxy groups -OCH3 is 1. The Bertz CT molecular complexity index is 665. The monoisotopic (exact) mass is 462 g/mol. The topological polar surface area (TPSA) is 49.7 Å². The van der Waals surface area contributed by atoms with Gasteiger partial charge in [-0.3, -0.25) is 0 Å². The van der Waals surface area contributed by atoms with E-state index in [1.54, 1.807) is 0 Å². The molecule has 4 rings (SSSR count). The lowest BCUT2D eigenvalue weighted by molar-refractivity contribution is -0.238. The van der Waals surface area contributed by atoms with Crippen molar-refractivity contribution in [3.63, 3.8) is 0 Å². The lowest BCUT2D eigenvalue weighted by atomic mass is 9.40. The molecule has 4 aliphatic rings. The van der Waals surface area contributed by atoms with Crippen molar-refractivity contribution in [1.29, 1.82) is 0 Å². The summed E-state index contributed by atoms with van der Waals surface area (Å²) in [4.78, 5) is 0. The van der Waals surface area contributed by atoms with Gasteiger partial charge in [0.15, 0.2) is 0 Å². The minimum atomic E-state index is -0.578. The third-order valence-electron chi connectivity index (χ3n) is 11.8. The van der Waals surface area contributed by atoms with E-state index in [0.29, 0.717) is 23.7 Å². The highest BCUT2D eigenvalue weighted by Crippen LogP contribution is 2.69. The van der Waals surface area contributed by atoms with E-state index in [-0.39, 0.29) is 22.5 Å². The molecule has 0 aromatic carbocycles. The van der Waals surface area contributed by atoms with Gasteiger partial charge >= 0.3 is 0 Å². The molecule has 9 atom stereocenters. The van der Waals surface area contributed by atoms with E-state index in [0.717, 1.165) is 51.4 Å². The number of aliphatic hydroxyl groups excluding tert-OH is 1. The molecule has 0 heterocycles. The molecule has 0 amide bonds. The summed E-state index contributed by atoms with van der Waals surface area (Å²) < 4.78 is 6.33. The Morgan fingerprint density at radius 3 is 2.12 bits per heavy atom. The minimum Gasteiger partial charge on any atom is -0.393 e. The van der Waals surface area contributed by atoms with Gasteiger partial charge in [-0.25, -0.2) is 0 Å². The van der Waals surface area contributed by atoms with Crippen molar-refractivity contribution in [2.75, 3.05) is 7.11 Å². The van der Waals surface area contributed by atoms with Crippen molar-refractivity contribution in [2.24, 2.45) is 34.5 Å². The Labute approximate surface area is 204 Å². The van der Waals surface area contributed by atoms with E-state index in [4.69, 9.17) is 4.74 Å². The lowest BCUT2D eigenvalue weighted by Gasteiger charge is -2.66. The highest BCUT2D eigenvalue weighted by molar-refractivity contribution is 5.16. The molecule has 0 aromatic rings. The second-order valence-corrected chi connectivity index (χ2v) is 13.4. The van der Waals surface area contributed by atoms with Crippen LogP contribution in [-0.4, -0.2) is 34.6 Å². The van der Waals surface area contributed by atoms with Crippen LogP contribution in [0.5, 0.6) is 0 Å². The van der Waals surface area contributed by atoms with Crippen molar-refractivity contribution in [2.45, 2.75) is 148 Å². The van der Waals surface area contributed by atoms with Crippen LogP contribution in [0.4, 0.5) is 0 Å². The lowest BCUT2D eigenvalue weighted by Crippen LogP contribution is -2.65. The van der Waals surface area contributed by atoms with Gasteiger partial charge in [0.1, 0.15) is 0 Å². The highest BCUT2D eigenvalue weighted by Gasteiger charge is 2.66. The van der Waals surface area contributed by atoms with Crippen LogP contribution in [-0.2, 0) is 4.74 Å². The average molecular weight is 463 g/mol. The van der Waals surface area contributed by atoms with Crippen LogP contribution in [0.1, 0.15) is 130 Å². The van der Waals surface area contributed by atoms with Gasteiger partial charge in [0, 0.05) is 7.11 Å². The summed E-state index contributed by atoms with van der Waals surface area (Å²) in [6.07, 6.45) is 18.2. The molecule has 192 valence electrons. The second-order valence-electron chi connectivity index (χ2n) is 13.4. The summed E-state index contributed by atoms with van der Waals surface area (Å²) in [7, 11) is 1.93. The fraction of sp³-hybridized carbons (Fsp3) is 1.00. The van der Waals surface area contributed by atoms with Crippen LogP contribution >= 0.6 is 0 Å². The van der Waals surface area contributed by atoms with Crippen molar-refractivity contribution >= 4 is 0 Å². The van der Waals surface area contributed by atoms with Crippen molar-refractivity contribution < 1.29 is 14.9 Å². The van der Waals surface area contributed by atoms with Crippen LogP contribution < -0.4 is 0 Å². The molecule has 0 radical (unpaired) electrons. The van der Waals surface area contributed by atoms with Crippen molar-refractivity contribution in [3.8, 4) is 0 Å². The number of rotatable bonds is 9. The zero-order valence-corrected chi connectivity index (χ0v) is 22.5. The Morgan fingerprint density at radius 2 is 1.45 bits per heavy atom. The van der Waals surface area contributed by atoms with Gasteiger partial charge < -0.3 is 14.9 Å². The SMILES string of the molecule is CCCCCC1(OC)CC[C@@]2(C)[C@H](C1)[C@](O)(CCCCC)C[C@@H]1[C@@H]2CC[C@]2(C)[C@@H](O)CC[C@@H]12. The number of unbranched alkanes of at least 4 members (excludes halogenated alkanes) is 4. The number of aliphatic hydroxyl groups is 2. The largest absolute Gasteiger partial charge is 0.393 e. The highest BCUT2D eigenvalue weighted by atomic mass is 16.5. The van der Waals surface area contributed by atoms with E-state index in [1.807, 2.05) is 7.11 Å². The van der Waals surface area contributed by atoms with Gasteiger partial charge in [-0.15, -0.1) is 0 Å². The standard InChI is InChI=1S/C30H54O3/c1-6-8-10-15-29(33-5)19-18-27(3)24-14-17-28(4)23(12-13-26(28)31)22(24)20-30(32,25(27)21-29)16-11-9-7-2/h22-26,31-32H,6-21H2,1-5H3/t22-,23-,24-,25-,26-,27+,28-,29?,30-/m0/s1. The molecule has 2 N–H and O–H groups in total. The molecule has 4 aliphatic carbocycles. The minimum absolute atomic E-state index is 0.0440. The fourth-order valence-corrected chi connectivity index (χ4v) is 9.71. The molecular formula is C30H54O3. The van der Waals surface area contributed by atoms with E-state index < -0.39 is 5.60 Å². The normalized spacial score (nSPS) is 49.4. The summed E-state index contributed by atoms with van der Waals surface area (Å²) >= 11 is 0. The maximum Gasteiger partial charge on any atom is 0.0685 e. The van der Waals surface area contributed by atoms with E-state index in [2.05, 4.69) is 27.7 Å². The van der Waals surface area contributed by atoms with Crippen LogP contribution in [0.15, 0.2) is 0 Å². The first-order valence-corrected chi connectivity index (χ1v) is 14.6. The first kappa shape index (κ1) is 26.0. The molecule has 0 bridgehead atoms. The predicted molar refractivity (Wildman–Crippen MR) is 136 cm³/mol. The maximum absolute atomic E-state index is 12.5. The summed E-state index contributed by atoms with van der Waals surface area (Å²) in [6.45, 7) is 9.46. The molecule has 33 heavy (non-hydrogen) atoms. The molecule has 0 saturated heterocycles. The van der Waals surface area contributed by atoms with Crippen LogP contribution in [0.3, 0.4) is 0 Å². The molecule has 0 aromatic heterocycles. The summed E-state index contributed by atoms with van der Waals surface area (Å²) in [5, 5.41) is 23.4. The van der Waals surface area contributed by atoms with Crippen LogP contribution in [0.2, 0.25) is 0 Å². The number of hydrogen-bond donors (Lipinski definition) is 2. The summed E-state index contributed by atoms with van der Waals surface area (Å²) in [5.74, 6) is 2.20. The molecule has 0 spiro atoms. The zero-order chi connectivity index (χ0) is 23.9. The Balaban J connectivity index is 1.65. The van der Waals surface area contributed by atoms with Gasteiger partial charge in [0.05, 0.1) is 17.3 Å². The first-order valence-electron chi connectivity index (χ1n) is 14.6. The van der Waals surface area contributed by atoms with Gasteiger partial charge in [0.2, 0.25) is 0 Å². The van der Waals surface area contributed by atoms with E-state index >= 15 is 0 Å². The third-order valence-corrected chi connectivity index (χ3v) is 11.8. The Hall–Kier alpha value is -0.120. The van der Waals surface area contributed by atoms with E-state index in [1.165, 1.54) is 51.4 Å². The Morgan fingerprint density at radius 1 is 0.788 bits per heavy atom.